The van der Waals surface area contributed by atoms with Crippen LogP contribution in [0.25, 0.3) is 6.08 Å². The summed E-state index contributed by atoms with van der Waals surface area (Å²) in [4.78, 5) is 12.4. The lowest BCUT2D eigenvalue weighted by Crippen LogP contribution is -2.40. The first kappa shape index (κ1) is 23.8. The van der Waals surface area contributed by atoms with Crippen molar-refractivity contribution in [2.24, 2.45) is 0 Å². The molecule has 172 valence electrons. The molecule has 1 aliphatic heterocycles. The van der Waals surface area contributed by atoms with Gasteiger partial charge in [-0.1, -0.05) is 12.1 Å². The number of hydrogen-bond donors (Lipinski definition) is 1. The van der Waals surface area contributed by atoms with Crippen LogP contribution in [0.2, 0.25) is 0 Å². The molecule has 32 heavy (non-hydrogen) atoms. The second-order valence-corrected chi connectivity index (χ2v) is 8.84. The molecule has 3 rings (SSSR count). The summed E-state index contributed by atoms with van der Waals surface area (Å²) in [6.45, 7) is 5.84. The summed E-state index contributed by atoms with van der Waals surface area (Å²) in [6, 6.07) is 12.0. The van der Waals surface area contributed by atoms with Crippen LogP contribution >= 0.6 is 0 Å². The molecule has 1 heterocycles. The molecule has 2 aromatic carbocycles. The van der Waals surface area contributed by atoms with E-state index in [2.05, 4.69) is 5.32 Å². The molecule has 8 nitrogen and oxygen atoms in total. The van der Waals surface area contributed by atoms with E-state index in [1.54, 1.807) is 25.1 Å². The Morgan fingerprint density at radius 3 is 2.41 bits per heavy atom. The van der Waals surface area contributed by atoms with Crippen molar-refractivity contribution in [1.29, 1.82) is 0 Å². The molecule has 1 aliphatic rings. The highest BCUT2D eigenvalue weighted by molar-refractivity contribution is 7.89. The number of ether oxygens (including phenoxy) is 3. The highest BCUT2D eigenvalue weighted by atomic mass is 32.2. The third-order valence-electron chi connectivity index (χ3n) is 4.72. The average Bonchev–Trinajstić information content (AvgIpc) is 2.80. The molecular weight excluding hydrogens is 432 g/mol. The van der Waals surface area contributed by atoms with Crippen LogP contribution in [0.3, 0.4) is 0 Å². The molecule has 0 bridgehead atoms. The fraction of sp³-hybridized carbons (Fsp3) is 0.348. The van der Waals surface area contributed by atoms with Crippen LogP contribution in [0, 0.1) is 0 Å². The predicted octanol–water partition coefficient (Wildman–Crippen LogP) is 3.16. The van der Waals surface area contributed by atoms with Gasteiger partial charge >= 0.3 is 0 Å². The minimum Gasteiger partial charge on any atom is -0.494 e. The van der Waals surface area contributed by atoms with Gasteiger partial charge in [-0.25, -0.2) is 8.42 Å². The van der Waals surface area contributed by atoms with E-state index in [-0.39, 0.29) is 29.6 Å². The number of sulfonamides is 1. The zero-order valence-corrected chi connectivity index (χ0v) is 19.1. The molecule has 0 aromatic heterocycles. The van der Waals surface area contributed by atoms with Gasteiger partial charge in [-0.2, -0.15) is 4.31 Å². The van der Waals surface area contributed by atoms with E-state index in [0.717, 1.165) is 11.3 Å². The van der Waals surface area contributed by atoms with Gasteiger partial charge in [0.15, 0.2) is 0 Å². The van der Waals surface area contributed by atoms with E-state index < -0.39 is 10.0 Å². The van der Waals surface area contributed by atoms with E-state index >= 15 is 0 Å². The Morgan fingerprint density at radius 1 is 1.06 bits per heavy atom. The lowest BCUT2D eigenvalue weighted by molar-refractivity contribution is -0.111. The molecule has 1 saturated heterocycles. The molecule has 0 radical (unpaired) electrons. The third-order valence-corrected chi connectivity index (χ3v) is 6.64. The number of carbonyl (C=O) groups is 1. The number of carbonyl (C=O) groups excluding carboxylic acids is 1. The van der Waals surface area contributed by atoms with Crippen molar-refractivity contribution in [2.75, 3.05) is 44.8 Å². The monoisotopic (exact) mass is 460 g/mol. The Bertz CT molecular complexity index is 1040. The van der Waals surface area contributed by atoms with Crippen molar-refractivity contribution < 1.29 is 27.4 Å². The van der Waals surface area contributed by atoms with Crippen LogP contribution in [0.15, 0.2) is 53.4 Å². The minimum absolute atomic E-state index is 0.0227. The van der Waals surface area contributed by atoms with Gasteiger partial charge in [0.2, 0.25) is 15.9 Å². The highest BCUT2D eigenvalue weighted by Gasteiger charge is 2.29. The van der Waals surface area contributed by atoms with Crippen molar-refractivity contribution in [1.82, 2.24) is 4.31 Å². The Balaban J connectivity index is 1.76. The molecule has 1 fully saturated rings. The first-order valence-electron chi connectivity index (χ1n) is 10.5. The van der Waals surface area contributed by atoms with Crippen molar-refractivity contribution >= 4 is 27.7 Å². The molecule has 0 spiro atoms. The van der Waals surface area contributed by atoms with Crippen LogP contribution in [-0.2, 0) is 19.6 Å². The summed E-state index contributed by atoms with van der Waals surface area (Å²) in [5.74, 6) is 0.636. The van der Waals surface area contributed by atoms with Gasteiger partial charge in [0, 0.05) is 24.9 Å². The smallest absolute Gasteiger partial charge is 0.248 e. The summed E-state index contributed by atoms with van der Waals surface area (Å²) < 4.78 is 43.9. The summed E-state index contributed by atoms with van der Waals surface area (Å²) in [5, 5.41) is 2.71. The summed E-state index contributed by atoms with van der Waals surface area (Å²) in [6.07, 6.45) is 3.06. The average molecular weight is 461 g/mol. The number of anilines is 1. The fourth-order valence-corrected chi connectivity index (χ4v) is 4.75. The number of hydrogen-bond acceptors (Lipinski definition) is 6. The quantitative estimate of drug-likeness (QED) is 0.578. The standard InChI is InChI=1S/C23H28N2O6S/c1-3-30-20-9-5-18(6-10-20)7-12-23(26)24-19-8-11-21(31-4-2)22(17-19)32(27,28)25-13-15-29-16-14-25/h5-12,17H,3-4,13-16H2,1-2H3,(H,24,26)/b12-7+. The van der Waals surface area contributed by atoms with Crippen molar-refractivity contribution in [3.8, 4) is 11.5 Å². The van der Waals surface area contributed by atoms with E-state index in [1.807, 2.05) is 31.2 Å². The number of amides is 1. The van der Waals surface area contributed by atoms with Crippen LogP contribution in [-0.4, -0.2) is 58.1 Å². The minimum atomic E-state index is -3.79. The van der Waals surface area contributed by atoms with Crippen LogP contribution in [0.5, 0.6) is 11.5 Å². The zero-order chi connectivity index (χ0) is 23.0. The van der Waals surface area contributed by atoms with E-state index in [4.69, 9.17) is 14.2 Å². The van der Waals surface area contributed by atoms with E-state index in [9.17, 15) is 13.2 Å². The Kier molecular flexibility index (Phi) is 8.26. The maximum absolute atomic E-state index is 13.2. The second kappa shape index (κ2) is 11.1. The van der Waals surface area contributed by atoms with E-state index in [0.29, 0.717) is 32.1 Å². The molecule has 1 amide bonds. The molecule has 0 atom stereocenters. The van der Waals surface area contributed by atoms with Gasteiger partial charge in [-0.15, -0.1) is 0 Å². The van der Waals surface area contributed by atoms with Crippen molar-refractivity contribution in [3.63, 3.8) is 0 Å². The number of rotatable bonds is 9. The van der Waals surface area contributed by atoms with Crippen molar-refractivity contribution in [2.45, 2.75) is 18.7 Å². The van der Waals surface area contributed by atoms with Gasteiger partial charge in [0.1, 0.15) is 16.4 Å². The topological polar surface area (TPSA) is 94.2 Å². The Hall–Kier alpha value is -2.88. The molecule has 0 saturated carbocycles. The van der Waals surface area contributed by atoms with Gasteiger partial charge in [0.25, 0.3) is 0 Å². The number of nitrogens with one attached hydrogen (secondary N) is 1. The first-order valence-corrected chi connectivity index (χ1v) is 11.9. The normalized spacial score (nSPS) is 14.9. The first-order chi connectivity index (χ1) is 15.4. The van der Waals surface area contributed by atoms with Crippen LogP contribution < -0.4 is 14.8 Å². The highest BCUT2D eigenvalue weighted by Crippen LogP contribution is 2.30. The summed E-state index contributed by atoms with van der Waals surface area (Å²) in [5.41, 5.74) is 1.20. The third kappa shape index (κ3) is 6.09. The maximum Gasteiger partial charge on any atom is 0.248 e. The van der Waals surface area contributed by atoms with Gasteiger partial charge in [-0.3, -0.25) is 4.79 Å². The SMILES string of the molecule is CCOc1ccc(/C=C/C(=O)Nc2ccc(OCC)c(S(=O)(=O)N3CCOCC3)c2)cc1. The predicted molar refractivity (Wildman–Crippen MR) is 122 cm³/mol. The Labute approximate surface area is 188 Å². The van der Waals surface area contributed by atoms with Gasteiger partial charge in [-0.05, 0) is 55.8 Å². The maximum atomic E-state index is 13.2. The molecule has 0 unspecified atom stereocenters. The van der Waals surface area contributed by atoms with E-state index in [1.165, 1.54) is 16.4 Å². The lowest BCUT2D eigenvalue weighted by atomic mass is 10.2. The molecular formula is C23H28N2O6S. The fourth-order valence-electron chi connectivity index (χ4n) is 3.19. The van der Waals surface area contributed by atoms with Crippen LogP contribution in [0.1, 0.15) is 19.4 Å². The lowest BCUT2D eigenvalue weighted by Gasteiger charge is -2.27. The zero-order valence-electron chi connectivity index (χ0n) is 18.2. The van der Waals surface area contributed by atoms with Gasteiger partial charge < -0.3 is 19.5 Å². The Morgan fingerprint density at radius 2 is 1.75 bits per heavy atom. The van der Waals surface area contributed by atoms with Gasteiger partial charge in [0.05, 0.1) is 26.4 Å². The summed E-state index contributed by atoms with van der Waals surface area (Å²) >= 11 is 0. The van der Waals surface area contributed by atoms with Crippen molar-refractivity contribution in [3.05, 3.63) is 54.1 Å². The summed E-state index contributed by atoms with van der Waals surface area (Å²) in [7, 11) is -3.79. The molecule has 1 N–H and O–H groups in total. The molecule has 0 aliphatic carbocycles. The number of morpholine rings is 1. The number of benzene rings is 2. The second-order valence-electron chi connectivity index (χ2n) is 6.94. The number of nitrogens with zero attached hydrogens (tertiary/aromatic N) is 1. The van der Waals surface area contributed by atoms with Crippen LogP contribution in [0.4, 0.5) is 5.69 Å². The molecule has 9 heteroatoms. The molecule has 2 aromatic rings. The largest absolute Gasteiger partial charge is 0.494 e.